The summed E-state index contributed by atoms with van der Waals surface area (Å²) in [6.07, 6.45) is 3.07. The third kappa shape index (κ3) is 4.49. The molecule has 28 heavy (non-hydrogen) atoms. The number of nitrogens with one attached hydrogen (secondary N) is 1. The summed E-state index contributed by atoms with van der Waals surface area (Å²) in [5.74, 6) is -3.11. The minimum Gasteiger partial charge on any atom is -0.456 e. The average Bonchev–Trinajstić information content (AvgIpc) is 2.92. The van der Waals surface area contributed by atoms with Crippen LogP contribution in [0.1, 0.15) is 32.1 Å². The van der Waals surface area contributed by atoms with Gasteiger partial charge in [-0.15, -0.1) is 0 Å². The van der Waals surface area contributed by atoms with E-state index in [1.165, 1.54) is 12.1 Å². The van der Waals surface area contributed by atoms with Gasteiger partial charge in [0, 0.05) is 11.6 Å². The number of halogens is 2. The smallest absolute Gasteiger partial charge is 0.308 e. The van der Waals surface area contributed by atoms with Crippen LogP contribution in [0.2, 0.25) is 5.02 Å². The Hall–Kier alpha value is -2.48. The van der Waals surface area contributed by atoms with E-state index < -0.39 is 24.3 Å². The van der Waals surface area contributed by atoms with Gasteiger partial charge in [-0.1, -0.05) is 24.4 Å². The van der Waals surface area contributed by atoms with Crippen LogP contribution in [-0.2, 0) is 23.9 Å². The number of esters is 1. The lowest BCUT2D eigenvalue weighted by molar-refractivity contribution is -0.148. The lowest BCUT2D eigenvalue weighted by Crippen LogP contribution is -2.33. The van der Waals surface area contributed by atoms with E-state index in [-0.39, 0.29) is 47.3 Å². The second kappa shape index (κ2) is 8.68. The summed E-state index contributed by atoms with van der Waals surface area (Å²) in [6, 6.07) is 3.68. The molecule has 2 atom stereocenters. The summed E-state index contributed by atoms with van der Waals surface area (Å²) in [5.41, 5.74) is -0.121. The van der Waals surface area contributed by atoms with E-state index >= 15 is 0 Å². The average molecular weight is 411 g/mol. The maximum Gasteiger partial charge on any atom is 0.308 e. The van der Waals surface area contributed by atoms with Gasteiger partial charge in [-0.05, 0) is 31.0 Å². The molecule has 1 aromatic carbocycles. The molecule has 1 saturated heterocycles. The van der Waals surface area contributed by atoms with Crippen molar-refractivity contribution >= 4 is 41.0 Å². The number of carbonyl (C=O) groups is 4. The van der Waals surface area contributed by atoms with E-state index in [2.05, 4.69) is 5.32 Å². The first kappa shape index (κ1) is 20.3. The number of nitrogens with zero attached hydrogens (tertiary/aromatic N) is 1. The van der Waals surface area contributed by atoms with Crippen LogP contribution in [0.15, 0.2) is 18.2 Å². The van der Waals surface area contributed by atoms with Crippen molar-refractivity contribution in [3.05, 3.63) is 29.0 Å². The summed E-state index contributed by atoms with van der Waals surface area (Å²) >= 11 is 5.74. The number of rotatable bonds is 6. The van der Waals surface area contributed by atoms with Crippen LogP contribution in [0.4, 0.5) is 10.1 Å². The van der Waals surface area contributed by atoms with Crippen molar-refractivity contribution in [1.82, 2.24) is 4.90 Å². The zero-order valence-corrected chi connectivity index (χ0v) is 15.8. The van der Waals surface area contributed by atoms with Crippen LogP contribution in [0.3, 0.4) is 0 Å². The van der Waals surface area contributed by atoms with Gasteiger partial charge >= 0.3 is 5.97 Å². The number of benzene rings is 1. The standard InChI is InChI=1S/C19H20ClFN2O5/c20-11-5-6-14(21)15(9-11)22-16(24)10-28-17(25)7-8-23-18(26)12-3-1-2-4-13(12)19(23)27/h5-6,9,12-13H,1-4,7-8,10H2,(H,22,24)/t12-,13-/m0/s1. The molecule has 0 unspecified atom stereocenters. The van der Waals surface area contributed by atoms with Crippen LogP contribution in [0.25, 0.3) is 0 Å². The molecule has 1 aliphatic carbocycles. The van der Waals surface area contributed by atoms with Crippen LogP contribution >= 0.6 is 11.6 Å². The lowest BCUT2D eigenvalue weighted by atomic mass is 9.81. The predicted octanol–water partition coefficient (Wildman–Crippen LogP) is 2.53. The van der Waals surface area contributed by atoms with Gasteiger partial charge in [0.05, 0.1) is 23.9 Å². The van der Waals surface area contributed by atoms with Gasteiger partial charge in [-0.25, -0.2) is 4.39 Å². The van der Waals surface area contributed by atoms with E-state index in [9.17, 15) is 23.6 Å². The highest BCUT2D eigenvalue weighted by Crippen LogP contribution is 2.37. The number of amides is 3. The SMILES string of the molecule is O=C(COC(=O)CCN1C(=O)[C@H]2CCCC[C@@H]2C1=O)Nc1cc(Cl)ccc1F. The highest BCUT2D eigenvalue weighted by Gasteiger charge is 2.47. The molecule has 1 N–H and O–H groups in total. The molecule has 3 amide bonds. The quantitative estimate of drug-likeness (QED) is 0.574. The van der Waals surface area contributed by atoms with Crippen LogP contribution in [0.5, 0.6) is 0 Å². The molecular formula is C19H20ClFN2O5. The zero-order chi connectivity index (χ0) is 20.3. The Morgan fingerprint density at radius 1 is 1.18 bits per heavy atom. The molecule has 1 saturated carbocycles. The fraction of sp³-hybridized carbons (Fsp3) is 0.474. The summed E-state index contributed by atoms with van der Waals surface area (Å²) in [5, 5.41) is 2.50. The second-order valence-electron chi connectivity index (χ2n) is 6.91. The molecule has 0 radical (unpaired) electrons. The molecule has 2 fully saturated rings. The molecule has 0 spiro atoms. The van der Waals surface area contributed by atoms with Crippen molar-refractivity contribution in [2.45, 2.75) is 32.1 Å². The summed E-state index contributed by atoms with van der Waals surface area (Å²) in [4.78, 5) is 49.5. The number of anilines is 1. The van der Waals surface area contributed by atoms with Gasteiger partial charge in [0.15, 0.2) is 6.61 Å². The Kier molecular flexibility index (Phi) is 6.28. The Balaban J connectivity index is 1.44. The first-order valence-corrected chi connectivity index (χ1v) is 9.50. The Bertz CT molecular complexity index is 792. The van der Waals surface area contributed by atoms with Gasteiger partial charge in [0.25, 0.3) is 5.91 Å². The minimum absolute atomic E-state index is 0.0615. The fourth-order valence-electron chi connectivity index (χ4n) is 3.65. The second-order valence-corrected chi connectivity index (χ2v) is 7.35. The normalized spacial score (nSPS) is 21.4. The van der Waals surface area contributed by atoms with Crippen LogP contribution < -0.4 is 5.32 Å². The Morgan fingerprint density at radius 2 is 1.82 bits per heavy atom. The first-order chi connectivity index (χ1) is 13.4. The molecule has 1 heterocycles. The molecule has 0 aromatic heterocycles. The Labute approximate surface area is 166 Å². The number of likely N-dealkylation sites (tertiary alicyclic amines) is 1. The van der Waals surface area contributed by atoms with Gasteiger partial charge < -0.3 is 10.1 Å². The molecule has 1 aliphatic heterocycles. The number of hydrogen-bond acceptors (Lipinski definition) is 5. The van der Waals surface area contributed by atoms with Crippen molar-refractivity contribution in [3.8, 4) is 0 Å². The van der Waals surface area contributed by atoms with E-state index in [0.29, 0.717) is 12.8 Å². The molecule has 2 aliphatic rings. The van der Waals surface area contributed by atoms with Crippen molar-refractivity contribution in [1.29, 1.82) is 0 Å². The van der Waals surface area contributed by atoms with E-state index in [4.69, 9.17) is 16.3 Å². The lowest BCUT2D eigenvalue weighted by Gasteiger charge is -2.19. The predicted molar refractivity (Wildman–Crippen MR) is 97.8 cm³/mol. The summed E-state index contributed by atoms with van der Waals surface area (Å²) < 4.78 is 18.4. The van der Waals surface area contributed by atoms with Crippen molar-refractivity contribution in [3.63, 3.8) is 0 Å². The molecule has 1 aromatic rings. The number of hydrogen-bond donors (Lipinski definition) is 1. The van der Waals surface area contributed by atoms with Crippen LogP contribution in [0, 0.1) is 17.7 Å². The number of fused-ring (bicyclic) bond motifs is 1. The molecular weight excluding hydrogens is 391 g/mol. The van der Waals surface area contributed by atoms with Gasteiger partial charge in [-0.3, -0.25) is 24.1 Å². The Morgan fingerprint density at radius 3 is 2.46 bits per heavy atom. The maximum absolute atomic E-state index is 13.6. The number of carbonyl (C=O) groups excluding carboxylic acids is 4. The molecule has 0 bridgehead atoms. The van der Waals surface area contributed by atoms with Crippen molar-refractivity contribution < 1.29 is 28.3 Å². The van der Waals surface area contributed by atoms with Gasteiger partial charge in [0.1, 0.15) is 5.82 Å². The summed E-state index contributed by atoms with van der Waals surface area (Å²) in [7, 11) is 0. The minimum atomic E-state index is -0.728. The third-order valence-electron chi connectivity index (χ3n) is 5.04. The largest absolute Gasteiger partial charge is 0.456 e. The first-order valence-electron chi connectivity index (χ1n) is 9.12. The van der Waals surface area contributed by atoms with E-state index in [0.717, 1.165) is 23.8 Å². The molecule has 7 nitrogen and oxygen atoms in total. The topological polar surface area (TPSA) is 92.8 Å². The molecule has 9 heteroatoms. The third-order valence-corrected chi connectivity index (χ3v) is 5.27. The van der Waals surface area contributed by atoms with Crippen molar-refractivity contribution in [2.75, 3.05) is 18.5 Å². The monoisotopic (exact) mass is 410 g/mol. The molecule has 150 valence electrons. The molecule has 3 rings (SSSR count). The van der Waals surface area contributed by atoms with E-state index in [1.807, 2.05) is 0 Å². The number of ether oxygens (including phenoxy) is 1. The number of imide groups is 1. The summed E-state index contributed by atoms with van der Waals surface area (Å²) in [6.45, 7) is -0.675. The van der Waals surface area contributed by atoms with Crippen molar-refractivity contribution in [2.24, 2.45) is 11.8 Å². The highest BCUT2D eigenvalue weighted by molar-refractivity contribution is 6.30. The highest BCUT2D eigenvalue weighted by atomic mass is 35.5. The van der Waals surface area contributed by atoms with Gasteiger partial charge in [0.2, 0.25) is 11.8 Å². The van der Waals surface area contributed by atoms with Gasteiger partial charge in [-0.2, -0.15) is 0 Å². The zero-order valence-electron chi connectivity index (χ0n) is 15.1. The maximum atomic E-state index is 13.6. The van der Waals surface area contributed by atoms with Crippen LogP contribution in [-0.4, -0.2) is 41.7 Å². The van der Waals surface area contributed by atoms with E-state index in [1.54, 1.807) is 0 Å². The fourth-order valence-corrected chi connectivity index (χ4v) is 3.82.